The maximum Gasteiger partial charge on any atom is 0.410 e. The Kier molecular flexibility index (Phi) is 5.45. The number of likely N-dealkylation sites (tertiary alicyclic amines) is 1. The van der Waals surface area contributed by atoms with Gasteiger partial charge in [0, 0.05) is 19.0 Å². The number of unbranched alkanes of at least 4 members (excludes halogenated alkanes) is 1. The highest BCUT2D eigenvalue weighted by Gasteiger charge is 2.32. The summed E-state index contributed by atoms with van der Waals surface area (Å²) >= 11 is 0. The molecule has 0 radical (unpaired) electrons. The number of carbonyl (C=O) groups is 1. The Morgan fingerprint density at radius 3 is 2.72 bits per heavy atom. The number of hydrogen-bond donors (Lipinski definition) is 1. The van der Waals surface area contributed by atoms with Crippen LogP contribution >= 0.6 is 0 Å². The van der Waals surface area contributed by atoms with E-state index in [4.69, 9.17) is 4.74 Å². The van der Waals surface area contributed by atoms with Crippen LogP contribution in [0.25, 0.3) is 0 Å². The molecule has 0 spiro atoms. The van der Waals surface area contributed by atoms with E-state index in [-0.39, 0.29) is 18.1 Å². The molecular weight excluding hydrogens is 230 g/mol. The minimum atomic E-state index is -0.448. The van der Waals surface area contributed by atoms with Crippen molar-refractivity contribution in [2.24, 2.45) is 5.92 Å². The van der Waals surface area contributed by atoms with Gasteiger partial charge in [0.1, 0.15) is 5.60 Å². The number of rotatable bonds is 4. The predicted molar refractivity (Wildman–Crippen MR) is 71.4 cm³/mol. The Balaban J connectivity index is 2.38. The van der Waals surface area contributed by atoms with Gasteiger partial charge in [-0.1, -0.05) is 19.8 Å². The van der Waals surface area contributed by atoms with Gasteiger partial charge in [0.2, 0.25) is 0 Å². The summed E-state index contributed by atoms with van der Waals surface area (Å²) < 4.78 is 5.34. The van der Waals surface area contributed by atoms with Crippen molar-refractivity contribution in [1.29, 1.82) is 0 Å². The van der Waals surface area contributed by atoms with Crippen LogP contribution < -0.4 is 0 Å². The van der Waals surface area contributed by atoms with Gasteiger partial charge in [0.15, 0.2) is 0 Å². The molecule has 1 fully saturated rings. The van der Waals surface area contributed by atoms with Crippen molar-refractivity contribution in [3.63, 3.8) is 0 Å². The number of ether oxygens (including phenoxy) is 1. The van der Waals surface area contributed by atoms with Gasteiger partial charge in [-0.05, 0) is 33.6 Å². The maximum absolute atomic E-state index is 11.9. The molecule has 2 atom stereocenters. The van der Waals surface area contributed by atoms with E-state index in [2.05, 4.69) is 6.92 Å². The number of aliphatic hydroxyl groups excluding tert-OH is 1. The molecule has 1 unspecified atom stereocenters. The maximum atomic E-state index is 11.9. The van der Waals surface area contributed by atoms with Crippen LogP contribution in [0.2, 0.25) is 0 Å². The van der Waals surface area contributed by atoms with E-state index in [0.29, 0.717) is 13.1 Å². The highest BCUT2D eigenvalue weighted by molar-refractivity contribution is 5.68. The molecule has 0 saturated carbocycles. The van der Waals surface area contributed by atoms with Crippen LogP contribution in [-0.2, 0) is 4.74 Å². The highest BCUT2D eigenvalue weighted by atomic mass is 16.6. The third-order valence-electron chi connectivity index (χ3n) is 3.27. The Morgan fingerprint density at radius 1 is 1.50 bits per heavy atom. The second-order valence-corrected chi connectivity index (χ2v) is 6.18. The molecule has 0 aliphatic carbocycles. The summed E-state index contributed by atoms with van der Waals surface area (Å²) in [6.07, 6.45) is 3.32. The molecule has 1 aliphatic heterocycles. The van der Waals surface area contributed by atoms with Crippen LogP contribution in [0.1, 0.15) is 53.4 Å². The lowest BCUT2D eigenvalue weighted by molar-refractivity contribution is 0.0266. The molecule has 0 aromatic carbocycles. The zero-order chi connectivity index (χ0) is 13.8. The fourth-order valence-corrected chi connectivity index (χ4v) is 2.24. The summed E-state index contributed by atoms with van der Waals surface area (Å²) in [4.78, 5) is 13.6. The molecule has 106 valence electrons. The summed E-state index contributed by atoms with van der Waals surface area (Å²) in [5.41, 5.74) is -0.448. The largest absolute Gasteiger partial charge is 0.444 e. The third-order valence-corrected chi connectivity index (χ3v) is 3.27. The molecule has 1 N–H and O–H groups in total. The molecule has 0 bridgehead atoms. The van der Waals surface area contributed by atoms with Crippen LogP contribution in [-0.4, -0.2) is 40.9 Å². The predicted octanol–water partition coefficient (Wildman–Crippen LogP) is 2.79. The fourth-order valence-electron chi connectivity index (χ4n) is 2.24. The van der Waals surface area contributed by atoms with E-state index >= 15 is 0 Å². The number of amides is 1. The molecule has 18 heavy (non-hydrogen) atoms. The molecule has 1 amide bonds. The Bertz CT molecular complexity index is 273. The van der Waals surface area contributed by atoms with Crippen LogP contribution in [0.5, 0.6) is 0 Å². The Hall–Kier alpha value is -0.770. The molecule has 1 saturated heterocycles. The molecule has 0 aromatic heterocycles. The van der Waals surface area contributed by atoms with Crippen molar-refractivity contribution in [3.8, 4) is 0 Å². The van der Waals surface area contributed by atoms with Gasteiger partial charge in [-0.25, -0.2) is 4.79 Å². The summed E-state index contributed by atoms with van der Waals surface area (Å²) in [5, 5.41) is 10.0. The first-order valence-corrected chi connectivity index (χ1v) is 6.99. The average Bonchev–Trinajstić information content (AvgIpc) is 2.72. The highest BCUT2D eigenvalue weighted by Crippen LogP contribution is 2.24. The third kappa shape index (κ3) is 4.84. The van der Waals surface area contributed by atoms with Gasteiger partial charge in [-0.2, -0.15) is 0 Å². The number of nitrogens with zero attached hydrogens (tertiary/aromatic N) is 1. The van der Waals surface area contributed by atoms with Gasteiger partial charge in [-0.15, -0.1) is 0 Å². The second-order valence-electron chi connectivity index (χ2n) is 6.18. The minimum Gasteiger partial charge on any atom is -0.444 e. The van der Waals surface area contributed by atoms with Crippen LogP contribution in [0.4, 0.5) is 4.79 Å². The van der Waals surface area contributed by atoms with E-state index in [1.165, 1.54) is 0 Å². The van der Waals surface area contributed by atoms with Gasteiger partial charge >= 0.3 is 6.09 Å². The van der Waals surface area contributed by atoms with E-state index in [1.54, 1.807) is 4.90 Å². The molecule has 0 aromatic rings. The second kappa shape index (κ2) is 6.41. The smallest absolute Gasteiger partial charge is 0.410 e. The van der Waals surface area contributed by atoms with Crippen molar-refractivity contribution in [2.45, 2.75) is 65.1 Å². The molecule has 4 heteroatoms. The lowest BCUT2D eigenvalue weighted by Crippen LogP contribution is -2.36. The summed E-state index contributed by atoms with van der Waals surface area (Å²) in [6, 6.07) is 0. The molecule has 1 rings (SSSR count). The van der Waals surface area contributed by atoms with Crippen LogP contribution in [0, 0.1) is 5.92 Å². The van der Waals surface area contributed by atoms with Crippen LogP contribution in [0.3, 0.4) is 0 Å². The summed E-state index contributed by atoms with van der Waals surface area (Å²) in [5.74, 6) is 0.212. The van der Waals surface area contributed by atoms with E-state index in [0.717, 1.165) is 25.7 Å². The van der Waals surface area contributed by atoms with Crippen molar-refractivity contribution in [3.05, 3.63) is 0 Å². The Morgan fingerprint density at radius 2 is 2.17 bits per heavy atom. The van der Waals surface area contributed by atoms with Gasteiger partial charge in [-0.3, -0.25) is 0 Å². The topological polar surface area (TPSA) is 49.8 Å². The number of aliphatic hydroxyl groups is 1. The molecular formula is C14H27NO3. The van der Waals surface area contributed by atoms with E-state index < -0.39 is 5.60 Å². The van der Waals surface area contributed by atoms with Gasteiger partial charge in [0.25, 0.3) is 0 Å². The number of hydrogen-bond acceptors (Lipinski definition) is 3. The normalized spacial score (nSPS) is 22.1. The van der Waals surface area contributed by atoms with Gasteiger partial charge < -0.3 is 14.7 Å². The summed E-state index contributed by atoms with van der Waals surface area (Å²) in [6.45, 7) is 9.05. The first-order chi connectivity index (χ1) is 8.33. The lowest BCUT2D eigenvalue weighted by Gasteiger charge is -2.25. The van der Waals surface area contributed by atoms with Gasteiger partial charge in [0.05, 0.1) is 6.10 Å². The van der Waals surface area contributed by atoms with Crippen molar-refractivity contribution >= 4 is 6.09 Å². The zero-order valence-electron chi connectivity index (χ0n) is 12.1. The average molecular weight is 257 g/mol. The van der Waals surface area contributed by atoms with E-state index in [1.807, 2.05) is 20.8 Å². The zero-order valence-corrected chi connectivity index (χ0v) is 12.1. The van der Waals surface area contributed by atoms with E-state index in [9.17, 15) is 9.90 Å². The minimum absolute atomic E-state index is 0.212. The molecule has 1 heterocycles. The SMILES string of the molecule is CCCC[C@@H](O)C1CCN(C(=O)OC(C)(C)C)C1. The lowest BCUT2D eigenvalue weighted by atomic mass is 9.97. The van der Waals surface area contributed by atoms with Crippen molar-refractivity contribution in [1.82, 2.24) is 4.90 Å². The summed E-state index contributed by atoms with van der Waals surface area (Å²) in [7, 11) is 0. The first-order valence-electron chi connectivity index (χ1n) is 6.99. The quantitative estimate of drug-likeness (QED) is 0.842. The Labute approximate surface area is 110 Å². The monoisotopic (exact) mass is 257 g/mol. The van der Waals surface area contributed by atoms with Crippen molar-refractivity contribution < 1.29 is 14.6 Å². The number of carbonyl (C=O) groups excluding carboxylic acids is 1. The van der Waals surface area contributed by atoms with Crippen molar-refractivity contribution in [2.75, 3.05) is 13.1 Å². The fraction of sp³-hybridized carbons (Fsp3) is 0.929. The molecule has 1 aliphatic rings. The first kappa shape index (κ1) is 15.3. The molecule has 4 nitrogen and oxygen atoms in total. The standard InChI is InChI=1S/C14H27NO3/c1-5-6-7-12(16)11-8-9-15(10-11)13(17)18-14(2,3)4/h11-12,16H,5-10H2,1-4H3/t11?,12-/m1/s1. The van der Waals surface area contributed by atoms with Crippen LogP contribution in [0.15, 0.2) is 0 Å².